The number of anilines is 2. The van der Waals surface area contributed by atoms with Crippen molar-refractivity contribution in [2.45, 2.75) is 33.2 Å². The van der Waals surface area contributed by atoms with Gasteiger partial charge in [0.2, 0.25) is 5.91 Å². The van der Waals surface area contributed by atoms with Crippen LogP contribution in [0, 0.1) is 12.8 Å². The van der Waals surface area contributed by atoms with E-state index < -0.39 is 0 Å². The zero-order valence-electron chi connectivity index (χ0n) is 17.2. The number of carbonyl (C=O) groups is 1. The molecule has 1 fully saturated rings. The van der Waals surface area contributed by atoms with E-state index in [9.17, 15) is 9.59 Å². The Balaban J connectivity index is 1.66. The van der Waals surface area contributed by atoms with E-state index >= 15 is 0 Å². The van der Waals surface area contributed by atoms with E-state index in [1.807, 2.05) is 31.2 Å². The number of aromatic nitrogens is 2. The van der Waals surface area contributed by atoms with Gasteiger partial charge in [0.25, 0.3) is 5.56 Å². The van der Waals surface area contributed by atoms with Gasteiger partial charge in [-0.05, 0) is 49.4 Å². The SMILES string of the molecule is Cc1ccc(NC(=O)Cn2nc(N3CCC(C)CC3)c3ccccc3c2=O)c(Cl)c1. The number of fused-ring (bicyclic) bond motifs is 1. The van der Waals surface area contributed by atoms with Crippen molar-refractivity contribution in [3.63, 3.8) is 0 Å². The highest BCUT2D eigenvalue weighted by Crippen LogP contribution is 2.27. The van der Waals surface area contributed by atoms with E-state index in [0.29, 0.717) is 22.0 Å². The Labute approximate surface area is 180 Å². The van der Waals surface area contributed by atoms with Gasteiger partial charge in [-0.15, -0.1) is 0 Å². The first-order chi connectivity index (χ1) is 14.4. The molecule has 0 aliphatic carbocycles. The number of rotatable bonds is 4. The van der Waals surface area contributed by atoms with Crippen LogP contribution in [0.1, 0.15) is 25.3 Å². The molecule has 1 saturated heterocycles. The highest BCUT2D eigenvalue weighted by Gasteiger charge is 2.21. The summed E-state index contributed by atoms with van der Waals surface area (Å²) in [5.74, 6) is 1.10. The number of piperidine rings is 1. The molecule has 30 heavy (non-hydrogen) atoms. The zero-order valence-corrected chi connectivity index (χ0v) is 17.9. The fraction of sp³-hybridized carbons (Fsp3) is 0.348. The van der Waals surface area contributed by atoms with Crippen LogP contribution in [0.5, 0.6) is 0 Å². The summed E-state index contributed by atoms with van der Waals surface area (Å²) in [6.45, 7) is 5.79. The minimum Gasteiger partial charge on any atom is -0.355 e. The Kier molecular flexibility index (Phi) is 5.77. The van der Waals surface area contributed by atoms with Crippen LogP contribution in [0.25, 0.3) is 10.8 Å². The number of halogens is 1. The summed E-state index contributed by atoms with van der Waals surface area (Å²) in [5.41, 5.74) is 1.25. The van der Waals surface area contributed by atoms with Crippen molar-refractivity contribution >= 4 is 39.8 Å². The topological polar surface area (TPSA) is 67.2 Å². The highest BCUT2D eigenvalue weighted by molar-refractivity contribution is 6.33. The number of nitrogens with zero attached hydrogens (tertiary/aromatic N) is 3. The normalized spacial score (nSPS) is 14.8. The van der Waals surface area contributed by atoms with Gasteiger partial charge in [-0.2, -0.15) is 5.10 Å². The molecule has 0 spiro atoms. The summed E-state index contributed by atoms with van der Waals surface area (Å²) in [6.07, 6.45) is 2.17. The van der Waals surface area contributed by atoms with Gasteiger partial charge in [0.1, 0.15) is 6.54 Å². The average molecular weight is 425 g/mol. The quantitative estimate of drug-likeness (QED) is 0.680. The van der Waals surface area contributed by atoms with Crippen molar-refractivity contribution in [1.29, 1.82) is 0 Å². The Morgan fingerprint density at radius 2 is 1.87 bits per heavy atom. The van der Waals surface area contributed by atoms with Crippen LogP contribution in [-0.4, -0.2) is 28.8 Å². The molecule has 7 heteroatoms. The Morgan fingerprint density at radius 3 is 2.57 bits per heavy atom. The number of benzene rings is 2. The van der Waals surface area contributed by atoms with Crippen molar-refractivity contribution < 1.29 is 4.79 Å². The fourth-order valence-corrected chi connectivity index (χ4v) is 4.11. The molecule has 0 bridgehead atoms. The second kappa shape index (κ2) is 8.48. The maximum absolute atomic E-state index is 13.0. The number of amides is 1. The minimum atomic E-state index is -0.344. The second-order valence-electron chi connectivity index (χ2n) is 8.03. The third-order valence-electron chi connectivity index (χ3n) is 5.62. The highest BCUT2D eigenvalue weighted by atomic mass is 35.5. The molecule has 6 nitrogen and oxygen atoms in total. The predicted octanol–water partition coefficient (Wildman–Crippen LogP) is 4.23. The van der Waals surface area contributed by atoms with Crippen LogP contribution in [0.15, 0.2) is 47.3 Å². The third kappa shape index (κ3) is 4.19. The Morgan fingerprint density at radius 1 is 1.17 bits per heavy atom. The van der Waals surface area contributed by atoms with Gasteiger partial charge in [0.15, 0.2) is 5.82 Å². The lowest BCUT2D eigenvalue weighted by atomic mass is 9.99. The molecule has 0 atom stereocenters. The van der Waals surface area contributed by atoms with Crippen LogP contribution < -0.4 is 15.8 Å². The zero-order chi connectivity index (χ0) is 21.3. The smallest absolute Gasteiger partial charge is 0.275 e. The minimum absolute atomic E-state index is 0.175. The molecular weight excluding hydrogens is 400 g/mol. The van der Waals surface area contributed by atoms with Gasteiger partial charge in [-0.3, -0.25) is 9.59 Å². The molecule has 1 aromatic heterocycles. The van der Waals surface area contributed by atoms with E-state index in [2.05, 4.69) is 22.2 Å². The summed E-state index contributed by atoms with van der Waals surface area (Å²) in [4.78, 5) is 27.9. The fourth-order valence-electron chi connectivity index (χ4n) is 3.83. The second-order valence-corrected chi connectivity index (χ2v) is 8.44. The lowest BCUT2D eigenvalue weighted by molar-refractivity contribution is -0.117. The lowest BCUT2D eigenvalue weighted by Crippen LogP contribution is -2.37. The van der Waals surface area contributed by atoms with Crippen LogP contribution in [-0.2, 0) is 11.3 Å². The first-order valence-corrected chi connectivity index (χ1v) is 10.6. The van der Waals surface area contributed by atoms with Crippen molar-refractivity contribution in [2.24, 2.45) is 5.92 Å². The van der Waals surface area contributed by atoms with Crippen molar-refractivity contribution in [3.8, 4) is 0 Å². The molecule has 1 aliphatic heterocycles. The molecule has 1 aliphatic rings. The molecule has 0 radical (unpaired) electrons. The summed E-state index contributed by atoms with van der Waals surface area (Å²) >= 11 is 6.22. The molecular formula is C23H25ClN4O2. The van der Waals surface area contributed by atoms with E-state index in [4.69, 9.17) is 11.6 Å². The summed E-state index contributed by atoms with van der Waals surface area (Å²) < 4.78 is 1.26. The molecule has 3 aromatic rings. The van der Waals surface area contributed by atoms with Gasteiger partial charge >= 0.3 is 0 Å². The van der Waals surface area contributed by atoms with Gasteiger partial charge in [-0.1, -0.05) is 42.8 Å². The summed E-state index contributed by atoms with van der Waals surface area (Å²) in [6, 6.07) is 12.9. The summed E-state index contributed by atoms with van der Waals surface area (Å²) in [7, 11) is 0. The van der Waals surface area contributed by atoms with Gasteiger partial charge in [0.05, 0.1) is 16.1 Å². The standard InChI is InChI=1S/C23H25ClN4O2/c1-15-9-11-27(12-10-15)22-17-5-3-4-6-18(17)23(30)28(26-22)14-21(29)25-20-8-7-16(2)13-19(20)24/h3-8,13,15H,9-12,14H2,1-2H3,(H,25,29). The maximum Gasteiger partial charge on any atom is 0.275 e. The number of carbonyl (C=O) groups excluding carboxylic acids is 1. The molecule has 4 rings (SSSR count). The average Bonchev–Trinajstić information content (AvgIpc) is 2.73. The maximum atomic E-state index is 13.0. The van der Waals surface area contributed by atoms with E-state index in [-0.39, 0.29) is 18.0 Å². The van der Waals surface area contributed by atoms with Crippen LogP contribution in [0.2, 0.25) is 5.02 Å². The number of aryl methyl sites for hydroxylation is 1. The van der Waals surface area contributed by atoms with Crippen LogP contribution in [0.4, 0.5) is 11.5 Å². The van der Waals surface area contributed by atoms with Crippen molar-refractivity contribution in [2.75, 3.05) is 23.3 Å². The Hall–Kier alpha value is -2.86. The van der Waals surface area contributed by atoms with Crippen molar-refractivity contribution in [3.05, 3.63) is 63.4 Å². The molecule has 156 valence electrons. The first kappa shape index (κ1) is 20.4. The van der Waals surface area contributed by atoms with Crippen LogP contribution >= 0.6 is 11.6 Å². The van der Waals surface area contributed by atoms with Gasteiger partial charge in [0, 0.05) is 18.5 Å². The van der Waals surface area contributed by atoms with Crippen molar-refractivity contribution in [1.82, 2.24) is 9.78 Å². The first-order valence-electron chi connectivity index (χ1n) is 10.2. The largest absolute Gasteiger partial charge is 0.355 e. The number of hydrogen-bond acceptors (Lipinski definition) is 4. The van der Waals surface area contributed by atoms with Gasteiger partial charge < -0.3 is 10.2 Å². The summed E-state index contributed by atoms with van der Waals surface area (Å²) in [5, 5.41) is 9.25. The molecule has 1 amide bonds. The van der Waals surface area contributed by atoms with Gasteiger partial charge in [-0.25, -0.2) is 4.68 Å². The third-order valence-corrected chi connectivity index (χ3v) is 5.94. The van der Waals surface area contributed by atoms with E-state index in [1.54, 1.807) is 18.2 Å². The Bertz CT molecular complexity index is 1150. The van der Waals surface area contributed by atoms with E-state index in [0.717, 1.165) is 42.7 Å². The molecule has 0 saturated carbocycles. The molecule has 1 N–H and O–H groups in total. The van der Waals surface area contributed by atoms with E-state index in [1.165, 1.54) is 4.68 Å². The number of nitrogens with one attached hydrogen (secondary N) is 1. The number of hydrogen-bond donors (Lipinski definition) is 1. The van der Waals surface area contributed by atoms with Crippen LogP contribution in [0.3, 0.4) is 0 Å². The lowest BCUT2D eigenvalue weighted by Gasteiger charge is -2.32. The molecule has 2 heterocycles. The molecule has 2 aromatic carbocycles. The molecule has 0 unspecified atom stereocenters. The predicted molar refractivity (Wildman–Crippen MR) is 121 cm³/mol. The monoisotopic (exact) mass is 424 g/mol.